The Bertz CT molecular complexity index is 524. The van der Waals surface area contributed by atoms with Crippen LogP contribution in [0.2, 0.25) is 0 Å². The summed E-state index contributed by atoms with van der Waals surface area (Å²) in [7, 11) is 2.64. The van der Waals surface area contributed by atoms with Crippen LogP contribution in [0.15, 0.2) is 12.1 Å². The van der Waals surface area contributed by atoms with Crippen molar-refractivity contribution in [1.29, 1.82) is 0 Å². The number of nitrogens with one attached hydrogen (secondary N) is 2. The molecule has 2 N–H and O–H groups in total. The van der Waals surface area contributed by atoms with E-state index in [1.165, 1.54) is 26.4 Å². The van der Waals surface area contributed by atoms with Crippen molar-refractivity contribution in [2.24, 2.45) is 0 Å². The molecule has 0 aliphatic heterocycles. The van der Waals surface area contributed by atoms with E-state index in [2.05, 4.69) is 24.5 Å². The van der Waals surface area contributed by atoms with Crippen LogP contribution in [0.1, 0.15) is 31.1 Å². The number of benzene rings is 1. The van der Waals surface area contributed by atoms with Crippen molar-refractivity contribution in [1.82, 2.24) is 10.6 Å². The number of hydrogen-bond donors (Lipinski definition) is 2. The van der Waals surface area contributed by atoms with Crippen molar-refractivity contribution in [3.05, 3.63) is 27.8 Å². The molecule has 24 heavy (non-hydrogen) atoms. The van der Waals surface area contributed by atoms with Gasteiger partial charge in [0.05, 0.1) is 19.1 Å². The molecular weight excluding hydrogens is 338 g/mol. The second-order valence-electron chi connectivity index (χ2n) is 4.27. The molecule has 0 heterocycles. The molecule has 0 saturated heterocycles. The molecule has 1 aromatic carbocycles. The lowest BCUT2D eigenvalue weighted by Gasteiger charge is -2.11. The zero-order valence-corrected chi connectivity index (χ0v) is 15.5. The number of hydrogen-bond acceptors (Lipinski definition) is 6. The van der Waals surface area contributed by atoms with Crippen molar-refractivity contribution < 1.29 is 19.2 Å². The summed E-state index contributed by atoms with van der Waals surface area (Å²) in [5, 5.41) is 16.7. The van der Waals surface area contributed by atoms with Gasteiger partial charge in [0.2, 0.25) is 0 Å². The fourth-order valence-electron chi connectivity index (χ4n) is 1.79. The Labute approximate surface area is 148 Å². The fraction of sp³-hybridized carbons (Fsp3) is 0.533. The molecule has 0 unspecified atom stereocenters. The van der Waals surface area contributed by atoms with Gasteiger partial charge in [-0.05, 0) is 32.1 Å². The number of nitrogens with zero attached hydrogens (tertiary/aromatic N) is 1. The smallest absolute Gasteiger partial charge is 0.327 e. The lowest BCUT2D eigenvalue weighted by atomic mass is 10.1. The molecular formula is C15H26ClN3O5. The van der Waals surface area contributed by atoms with Gasteiger partial charge in [-0.3, -0.25) is 14.9 Å². The first-order valence-corrected chi connectivity index (χ1v) is 7.36. The van der Waals surface area contributed by atoms with Crippen LogP contribution in [0.4, 0.5) is 5.69 Å². The minimum absolute atomic E-state index is 0. The first-order valence-electron chi connectivity index (χ1n) is 7.36. The molecule has 0 atom stereocenters. The number of carbonyl (C=O) groups is 1. The van der Waals surface area contributed by atoms with Crippen molar-refractivity contribution in [2.45, 2.75) is 20.8 Å². The highest BCUT2D eigenvalue weighted by Gasteiger charge is 2.29. The zero-order chi connectivity index (χ0) is 17.8. The molecule has 0 fully saturated rings. The van der Waals surface area contributed by atoms with E-state index in [9.17, 15) is 14.9 Å². The molecule has 0 aliphatic carbocycles. The Balaban J connectivity index is 0. The van der Waals surface area contributed by atoms with Crippen LogP contribution in [0, 0.1) is 10.1 Å². The number of nitro benzene ring substituents is 1. The maximum absolute atomic E-state index is 11.9. The van der Waals surface area contributed by atoms with Crippen molar-refractivity contribution in [2.75, 3.05) is 33.9 Å². The zero-order valence-electron chi connectivity index (χ0n) is 14.7. The van der Waals surface area contributed by atoms with Gasteiger partial charge in [0, 0.05) is 6.54 Å². The maximum Gasteiger partial charge on any atom is 0.327 e. The predicted octanol–water partition coefficient (Wildman–Crippen LogP) is 2.40. The second-order valence-corrected chi connectivity index (χ2v) is 4.27. The first-order chi connectivity index (χ1) is 11.0. The van der Waals surface area contributed by atoms with Crippen LogP contribution < -0.4 is 20.1 Å². The minimum Gasteiger partial charge on any atom is -0.496 e. The van der Waals surface area contributed by atoms with Gasteiger partial charge in [-0.1, -0.05) is 13.8 Å². The molecule has 1 amide bonds. The summed E-state index contributed by atoms with van der Waals surface area (Å²) in [6.45, 7) is 8.47. The van der Waals surface area contributed by atoms with Gasteiger partial charge in [0.1, 0.15) is 5.75 Å². The predicted molar refractivity (Wildman–Crippen MR) is 95.7 cm³/mol. The van der Waals surface area contributed by atoms with Crippen LogP contribution in [-0.4, -0.2) is 44.7 Å². The van der Waals surface area contributed by atoms with E-state index < -0.39 is 16.5 Å². The summed E-state index contributed by atoms with van der Waals surface area (Å²) in [5.41, 5.74) is -0.536. The van der Waals surface area contributed by atoms with Crippen LogP contribution in [0.3, 0.4) is 0 Å². The number of amides is 1. The summed E-state index contributed by atoms with van der Waals surface area (Å²) >= 11 is 0. The quantitative estimate of drug-likeness (QED) is 0.569. The van der Waals surface area contributed by atoms with Gasteiger partial charge in [-0.15, -0.1) is 12.4 Å². The number of methoxy groups -OCH3 is 2. The lowest BCUT2D eigenvalue weighted by molar-refractivity contribution is -0.386. The molecule has 0 saturated carbocycles. The summed E-state index contributed by atoms with van der Waals surface area (Å²) in [5.74, 6) is -0.421. The van der Waals surface area contributed by atoms with E-state index in [1.807, 2.05) is 0 Å². The summed E-state index contributed by atoms with van der Waals surface area (Å²) in [6.07, 6.45) is 0. The molecule has 0 aliphatic rings. The average molecular weight is 364 g/mol. The summed E-state index contributed by atoms with van der Waals surface area (Å²) < 4.78 is 9.88. The Morgan fingerprint density at radius 1 is 1.08 bits per heavy atom. The van der Waals surface area contributed by atoms with E-state index in [0.717, 1.165) is 13.1 Å². The minimum atomic E-state index is -0.661. The summed E-state index contributed by atoms with van der Waals surface area (Å²) in [6, 6.07) is 2.84. The lowest BCUT2D eigenvalue weighted by Crippen LogP contribution is -2.24. The Hall–Kier alpha value is -2.06. The third-order valence-corrected chi connectivity index (χ3v) is 2.79. The molecule has 9 heteroatoms. The van der Waals surface area contributed by atoms with Gasteiger partial charge in [-0.25, -0.2) is 0 Å². The number of halogens is 1. The number of ether oxygens (including phenoxy) is 2. The molecule has 138 valence electrons. The third kappa shape index (κ3) is 7.01. The number of carbonyl (C=O) groups excluding carboxylic acids is 1. The topological polar surface area (TPSA) is 103 Å². The molecule has 0 aromatic heterocycles. The maximum atomic E-state index is 11.9. The van der Waals surface area contributed by atoms with Gasteiger partial charge in [0.25, 0.3) is 5.91 Å². The SMILES string of the molecule is CCNC(=O)c1c(OC)ccc(OC)c1[N+](=O)[O-].CCNCC.Cl. The Kier molecular flexibility index (Phi) is 13.5. The molecule has 8 nitrogen and oxygen atoms in total. The normalized spacial score (nSPS) is 9.04. The highest BCUT2D eigenvalue weighted by atomic mass is 35.5. The van der Waals surface area contributed by atoms with E-state index >= 15 is 0 Å². The first kappa shape index (κ1) is 24.2. The number of nitro groups is 1. The monoisotopic (exact) mass is 363 g/mol. The molecule has 1 aromatic rings. The molecule has 0 spiro atoms. The highest BCUT2D eigenvalue weighted by molar-refractivity contribution is 6.02. The van der Waals surface area contributed by atoms with Gasteiger partial charge < -0.3 is 20.1 Å². The van der Waals surface area contributed by atoms with E-state index in [0.29, 0.717) is 6.54 Å². The van der Waals surface area contributed by atoms with Crippen molar-refractivity contribution in [3.63, 3.8) is 0 Å². The van der Waals surface area contributed by atoms with Gasteiger partial charge in [0.15, 0.2) is 11.3 Å². The Morgan fingerprint density at radius 3 is 1.92 bits per heavy atom. The molecule has 0 bridgehead atoms. The van der Waals surface area contributed by atoms with Crippen molar-refractivity contribution in [3.8, 4) is 11.5 Å². The second kappa shape index (κ2) is 13.4. The Morgan fingerprint density at radius 2 is 1.58 bits per heavy atom. The highest BCUT2D eigenvalue weighted by Crippen LogP contribution is 2.36. The largest absolute Gasteiger partial charge is 0.496 e. The van der Waals surface area contributed by atoms with Crippen LogP contribution in [0.25, 0.3) is 0 Å². The van der Waals surface area contributed by atoms with Crippen LogP contribution in [0.5, 0.6) is 11.5 Å². The average Bonchev–Trinajstić information content (AvgIpc) is 2.54. The van der Waals surface area contributed by atoms with Crippen LogP contribution >= 0.6 is 12.4 Å². The van der Waals surface area contributed by atoms with E-state index in [-0.39, 0.29) is 29.5 Å². The molecule has 0 radical (unpaired) electrons. The summed E-state index contributed by atoms with van der Waals surface area (Å²) in [4.78, 5) is 22.3. The van der Waals surface area contributed by atoms with Gasteiger partial charge >= 0.3 is 5.69 Å². The number of rotatable bonds is 7. The van der Waals surface area contributed by atoms with Gasteiger partial charge in [-0.2, -0.15) is 0 Å². The van der Waals surface area contributed by atoms with E-state index in [1.54, 1.807) is 6.92 Å². The molecule has 1 rings (SSSR count). The van der Waals surface area contributed by atoms with Crippen LogP contribution in [-0.2, 0) is 0 Å². The third-order valence-electron chi connectivity index (χ3n) is 2.79. The fourth-order valence-corrected chi connectivity index (χ4v) is 1.79. The standard InChI is InChI=1S/C11H14N2O5.C4H11N.ClH/c1-4-12-11(14)9-7(17-2)5-6-8(18-3)10(9)13(15)16;1-3-5-4-2;/h5-6H,4H2,1-3H3,(H,12,14);5H,3-4H2,1-2H3;1H. The van der Waals surface area contributed by atoms with Crippen molar-refractivity contribution >= 4 is 24.0 Å². The van der Waals surface area contributed by atoms with E-state index in [4.69, 9.17) is 9.47 Å².